The van der Waals surface area contributed by atoms with Crippen LogP contribution in [0.5, 0.6) is 0 Å². The molecular formula is C14H20. The van der Waals surface area contributed by atoms with Gasteiger partial charge in [0.2, 0.25) is 0 Å². The lowest BCUT2D eigenvalue weighted by atomic mass is 10.1. The highest BCUT2D eigenvalue weighted by atomic mass is 14.3. The Balaban J connectivity index is 0.000000125. The molecule has 0 aromatic carbocycles. The molecule has 2 bridgehead atoms. The topological polar surface area (TPSA) is 0 Å². The van der Waals surface area contributed by atoms with Crippen LogP contribution in [0.4, 0.5) is 0 Å². The molecule has 0 nitrogen and oxygen atoms in total. The minimum atomic E-state index is 0.991. The van der Waals surface area contributed by atoms with Crippen molar-refractivity contribution in [2.75, 3.05) is 0 Å². The van der Waals surface area contributed by atoms with Crippen molar-refractivity contribution in [3.63, 3.8) is 0 Å². The van der Waals surface area contributed by atoms with Crippen LogP contribution in [0.25, 0.3) is 0 Å². The summed E-state index contributed by atoms with van der Waals surface area (Å²) in [6.45, 7) is 6.00. The van der Waals surface area contributed by atoms with Gasteiger partial charge in [0.15, 0.2) is 0 Å². The SMILES string of the molecule is C1=CC2CCC1C2.C1=CCC=C1.C=C. The summed E-state index contributed by atoms with van der Waals surface area (Å²) in [7, 11) is 0. The van der Waals surface area contributed by atoms with Gasteiger partial charge in [-0.15, -0.1) is 13.2 Å². The van der Waals surface area contributed by atoms with Gasteiger partial charge in [0, 0.05) is 0 Å². The number of allylic oxidation sites excluding steroid dienone is 6. The monoisotopic (exact) mass is 188 g/mol. The van der Waals surface area contributed by atoms with E-state index in [0.29, 0.717) is 0 Å². The van der Waals surface area contributed by atoms with Crippen LogP contribution in [0.1, 0.15) is 25.7 Å². The molecule has 3 rings (SSSR count). The van der Waals surface area contributed by atoms with Gasteiger partial charge in [0.1, 0.15) is 0 Å². The molecule has 2 atom stereocenters. The van der Waals surface area contributed by atoms with Crippen molar-refractivity contribution >= 4 is 0 Å². The highest BCUT2D eigenvalue weighted by molar-refractivity contribution is 5.12. The Hall–Kier alpha value is -1.04. The molecule has 14 heavy (non-hydrogen) atoms. The van der Waals surface area contributed by atoms with Crippen LogP contribution in [0.3, 0.4) is 0 Å². The second kappa shape index (κ2) is 6.42. The van der Waals surface area contributed by atoms with E-state index < -0.39 is 0 Å². The smallest absolute Gasteiger partial charge is 0.0163 e. The lowest BCUT2D eigenvalue weighted by Crippen LogP contribution is -1.82. The van der Waals surface area contributed by atoms with Crippen LogP contribution >= 0.6 is 0 Å². The van der Waals surface area contributed by atoms with E-state index in [1.807, 2.05) is 0 Å². The van der Waals surface area contributed by atoms with Gasteiger partial charge in [-0.2, -0.15) is 0 Å². The largest absolute Gasteiger partial charge is 0.106 e. The van der Waals surface area contributed by atoms with Crippen LogP contribution in [-0.4, -0.2) is 0 Å². The molecule has 0 radical (unpaired) electrons. The summed E-state index contributed by atoms with van der Waals surface area (Å²) < 4.78 is 0. The molecular weight excluding hydrogens is 168 g/mol. The fourth-order valence-corrected chi connectivity index (χ4v) is 2.11. The first-order chi connectivity index (χ1) is 6.95. The number of rotatable bonds is 0. The van der Waals surface area contributed by atoms with Crippen LogP contribution in [0.2, 0.25) is 0 Å². The molecule has 0 heterocycles. The van der Waals surface area contributed by atoms with E-state index in [2.05, 4.69) is 49.6 Å². The van der Waals surface area contributed by atoms with Gasteiger partial charge in [-0.05, 0) is 37.5 Å². The first-order valence-corrected chi connectivity index (χ1v) is 5.45. The Bertz CT molecular complexity index is 210. The molecule has 2 unspecified atom stereocenters. The van der Waals surface area contributed by atoms with Crippen molar-refractivity contribution in [3.8, 4) is 0 Å². The second-order valence-corrected chi connectivity index (χ2v) is 3.81. The van der Waals surface area contributed by atoms with Crippen molar-refractivity contribution in [3.05, 3.63) is 49.6 Å². The predicted molar refractivity (Wildman–Crippen MR) is 64.1 cm³/mol. The summed E-state index contributed by atoms with van der Waals surface area (Å²) in [6, 6.07) is 0. The lowest BCUT2D eigenvalue weighted by Gasteiger charge is -1.96. The zero-order chi connectivity index (χ0) is 10.2. The molecule has 1 fully saturated rings. The van der Waals surface area contributed by atoms with Crippen molar-refractivity contribution in [2.45, 2.75) is 25.7 Å². The summed E-state index contributed by atoms with van der Waals surface area (Å²) in [5.41, 5.74) is 0. The molecule has 0 aliphatic heterocycles. The minimum absolute atomic E-state index is 0.991. The van der Waals surface area contributed by atoms with Gasteiger partial charge < -0.3 is 0 Å². The first-order valence-electron chi connectivity index (χ1n) is 5.45. The Morgan fingerprint density at radius 3 is 1.50 bits per heavy atom. The molecule has 0 aromatic heterocycles. The third-order valence-electron chi connectivity index (χ3n) is 2.82. The number of hydrogen-bond donors (Lipinski definition) is 0. The van der Waals surface area contributed by atoms with Gasteiger partial charge in [-0.3, -0.25) is 0 Å². The van der Waals surface area contributed by atoms with Crippen LogP contribution in [-0.2, 0) is 0 Å². The van der Waals surface area contributed by atoms with Crippen LogP contribution < -0.4 is 0 Å². The van der Waals surface area contributed by atoms with Gasteiger partial charge in [0.25, 0.3) is 0 Å². The average molecular weight is 188 g/mol. The Kier molecular flexibility index (Phi) is 5.06. The highest BCUT2D eigenvalue weighted by Crippen LogP contribution is 2.38. The van der Waals surface area contributed by atoms with E-state index in [9.17, 15) is 0 Å². The normalized spacial score (nSPS) is 29.4. The summed E-state index contributed by atoms with van der Waals surface area (Å²) in [4.78, 5) is 0. The van der Waals surface area contributed by atoms with E-state index in [0.717, 1.165) is 18.3 Å². The zero-order valence-corrected chi connectivity index (χ0v) is 8.86. The molecule has 0 N–H and O–H groups in total. The van der Waals surface area contributed by atoms with Crippen molar-refractivity contribution < 1.29 is 0 Å². The molecule has 0 spiro atoms. The molecule has 76 valence electrons. The molecule has 0 heteroatoms. The van der Waals surface area contributed by atoms with E-state index in [1.54, 1.807) is 0 Å². The zero-order valence-electron chi connectivity index (χ0n) is 8.86. The van der Waals surface area contributed by atoms with E-state index >= 15 is 0 Å². The predicted octanol–water partition coefficient (Wildman–Crippen LogP) is 4.28. The Morgan fingerprint density at radius 2 is 1.36 bits per heavy atom. The van der Waals surface area contributed by atoms with Gasteiger partial charge in [0.05, 0.1) is 0 Å². The van der Waals surface area contributed by atoms with Gasteiger partial charge in [-0.1, -0.05) is 36.5 Å². The molecule has 3 aliphatic carbocycles. The van der Waals surface area contributed by atoms with Gasteiger partial charge in [-0.25, -0.2) is 0 Å². The summed E-state index contributed by atoms with van der Waals surface area (Å²) in [5.74, 6) is 1.98. The van der Waals surface area contributed by atoms with Crippen molar-refractivity contribution in [1.29, 1.82) is 0 Å². The number of hydrogen-bond acceptors (Lipinski definition) is 0. The molecule has 3 aliphatic rings. The summed E-state index contributed by atoms with van der Waals surface area (Å²) in [5, 5.41) is 0. The van der Waals surface area contributed by atoms with Crippen LogP contribution in [0.15, 0.2) is 49.6 Å². The minimum Gasteiger partial charge on any atom is -0.106 e. The second-order valence-electron chi connectivity index (χ2n) is 3.81. The lowest BCUT2D eigenvalue weighted by molar-refractivity contribution is 0.691. The standard InChI is InChI=1S/C7H10.C5H6.C2H4/c1-2-7-4-3-6(1)5-7;1-2-4-5-3-1;1-2/h1-2,6-7H,3-5H2;1-4H,5H2;1-2H2. The van der Waals surface area contributed by atoms with E-state index in [1.165, 1.54) is 19.3 Å². The average Bonchev–Trinajstić information content (AvgIpc) is 3.02. The fraction of sp³-hybridized carbons (Fsp3) is 0.429. The highest BCUT2D eigenvalue weighted by Gasteiger charge is 2.25. The first kappa shape index (κ1) is 11.0. The maximum absolute atomic E-state index is 3.00. The molecule has 0 aromatic rings. The third kappa shape index (κ3) is 3.37. The molecule has 0 amide bonds. The van der Waals surface area contributed by atoms with E-state index in [4.69, 9.17) is 0 Å². The fourth-order valence-electron chi connectivity index (χ4n) is 2.11. The maximum Gasteiger partial charge on any atom is -0.0163 e. The van der Waals surface area contributed by atoms with Crippen molar-refractivity contribution in [2.24, 2.45) is 11.8 Å². The van der Waals surface area contributed by atoms with E-state index in [-0.39, 0.29) is 0 Å². The van der Waals surface area contributed by atoms with Crippen molar-refractivity contribution in [1.82, 2.24) is 0 Å². The Morgan fingerprint density at radius 1 is 0.857 bits per heavy atom. The summed E-state index contributed by atoms with van der Waals surface area (Å²) >= 11 is 0. The number of fused-ring (bicyclic) bond motifs is 2. The van der Waals surface area contributed by atoms with Crippen LogP contribution in [0, 0.1) is 11.8 Å². The quantitative estimate of drug-likeness (QED) is 0.498. The molecule has 0 saturated heterocycles. The Labute approximate surface area is 87.7 Å². The summed E-state index contributed by atoms with van der Waals surface area (Å²) in [6.07, 6.45) is 18.7. The molecule has 1 saturated carbocycles. The van der Waals surface area contributed by atoms with Gasteiger partial charge >= 0.3 is 0 Å². The maximum atomic E-state index is 3.00. The third-order valence-corrected chi connectivity index (χ3v) is 2.82.